The molecule has 3 aromatic rings. The molecule has 7 nitrogen and oxygen atoms in total. The van der Waals surface area contributed by atoms with Gasteiger partial charge in [0.05, 0.1) is 12.2 Å². The molecule has 162 valence electrons. The molecule has 0 fully saturated rings. The lowest BCUT2D eigenvalue weighted by atomic mass is 10.2. The summed E-state index contributed by atoms with van der Waals surface area (Å²) in [6, 6.07) is 17.1. The number of aryl methyl sites for hydroxylation is 2. The highest BCUT2D eigenvalue weighted by atomic mass is 16.1. The molecule has 1 aromatic heterocycles. The van der Waals surface area contributed by atoms with E-state index < -0.39 is 0 Å². The van der Waals surface area contributed by atoms with Crippen molar-refractivity contribution >= 4 is 23.2 Å². The first-order chi connectivity index (χ1) is 15.0. The van der Waals surface area contributed by atoms with E-state index in [1.54, 1.807) is 6.07 Å². The first-order valence-electron chi connectivity index (χ1n) is 10.4. The Kier molecular flexibility index (Phi) is 7.43. The van der Waals surface area contributed by atoms with Gasteiger partial charge in [-0.15, -0.1) is 0 Å². The van der Waals surface area contributed by atoms with Gasteiger partial charge < -0.3 is 10.2 Å². The first kappa shape index (κ1) is 22.1. The molecule has 0 unspecified atom stereocenters. The lowest BCUT2D eigenvalue weighted by Gasteiger charge is -2.15. The number of hydrogen-bond donors (Lipinski definition) is 2. The molecule has 1 amide bonds. The van der Waals surface area contributed by atoms with Crippen molar-refractivity contribution in [2.75, 3.05) is 24.3 Å². The molecule has 2 aromatic carbocycles. The van der Waals surface area contributed by atoms with E-state index in [9.17, 15) is 4.79 Å². The quantitative estimate of drug-likeness (QED) is 0.448. The maximum atomic E-state index is 12.9. The highest BCUT2D eigenvalue weighted by molar-refractivity contribution is 6.10. The van der Waals surface area contributed by atoms with E-state index in [1.165, 1.54) is 0 Å². The molecular weight excluding hydrogens is 388 g/mol. The second-order valence-corrected chi connectivity index (χ2v) is 7.56. The lowest BCUT2D eigenvalue weighted by molar-refractivity contribution is 0.0977. The van der Waals surface area contributed by atoms with Gasteiger partial charge in [-0.1, -0.05) is 31.2 Å². The van der Waals surface area contributed by atoms with Gasteiger partial charge in [0.2, 0.25) is 5.96 Å². The van der Waals surface area contributed by atoms with Crippen molar-refractivity contribution in [2.45, 2.75) is 33.4 Å². The van der Waals surface area contributed by atoms with Gasteiger partial charge in [-0.2, -0.15) is 5.10 Å². The summed E-state index contributed by atoms with van der Waals surface area (Å²) in [6.45, 7) is 5.39. The van der Waals surface area contributed by atoms with Crippen LogP contribution in [0.1, 0.15) is 35.0 Å². The Hall–Kier alpha value is -3.61. The number of anilines is 2. The van der Waals surface area contributed by atoms with Crippen LogP contribution in [-0.2, 0) is 13.1 Å². The molecule has 0 saturated carbocycles. The zero-order chi connectivity index (χ0) is 22.2. The molecule has 0 spiro atoms. The van der Waals surface area contributed by atoms with Crippen molar-refractivity contribution in [1.29, 1.82) is 0 Å². The number of nitrogens with one attached hydrogen (secondary N) is 2. The summed E-state index contributed by atoms with van der Waals surface area (Å²) in [5.74, 6) is 0.179. The van der Waals surface area contributed by atoms with E-state index in [-0.39, 0.29) is 5.91 Å². The predicted molar refractivity (Wildman–Crippen MR) is 127 cm³/mol. The average molecular weight is 419 g/mol. The van der Waals surface area contributed by atoms with Crippen LogP contribution in [0, 0.1) is 6.92 Å². The van der Waals surface area contributed by atoms with Crippen molar-refractivity contribution in [3.8, 4) is 0 Å². The van der Waals surface area contributed by atoms with Gasteiger partial charge in [0.1, 0.15) is 0 Å². The zero-order valence-electron chi connectivity index (χ0n) is 18.6. The van der Waals surface area contributed by atoms with Gasteiger partial charge >= 0.3 is 0 Å². The number of guanidine groups is 1. The number of amides is 1. The number of rotatable bonds is 7. The van der Waals surface area contributed by atoms with Gasteiger partial charge in [-0.25, -0.2) is 4.99 Å². The van der Waals surface area contributed by atoms with Crippen LogP contribution >= 0.6 is 0 Å². The van der Waals surface area contributed by atoms with Crippen LogP contribution < -0.4 is 15.5 Å². The summed E-state index contributed by atoms with van der Waals surface area (Å²) < 4.78 is 1.94. The molecule has 31 heavy (non-hydrogen) atoms. The minimum atomic E-state index is -0.218. The average Bonchev–Trinajstić information content (AvgIpc) is 3.12. The Labute approximate surface area is 183 Å². The Balaban J connectivity index is 1.81. The Morgan fingerprint density at radius 2 is 1.90 bits per heavy atom. The number of carbonyl (C=O) groups excluding carboxylic acids is 1. The van der Waals surface area contributed by atoms with Crippen molar-refractivity contribution in [2.24, 2.45) is 4.99 Å². The topological polar surface area (TPSA) is 74.6 Å². The Bertz CT molecular complexity index is 1040. The number of aromatic nitrogens is 2. The normalized spacial score (nSPS) is 11.3. The minimum absolute atomic E-state index is 0.218. The van der Waals surface area contributed by atoms with Crippen molar-refractivity contribution in [3.05, 3.63) is 77.6 Å². The second kappa shape index (κ2) is 10.4. The molecule has 2 N–H and O–H groups in total. The zero-order valence-corrected chi connectivity index (χ0v) is 18.6. The number of aliphatic imine (C=N–C) groups is 1. The molecule has 0 saturated heterocycles. The van der Waals surface area contributed by atoms with Gasteiger partial charge in [0.15, 0.2) is 0 Å². The van der Waals surface area contributed by atoms with Crippen LogP contribution in [0.3, 0.4) is 0 Å². The summed E-state index contributed by atoms with van der Waals surface area (Å²) in [6.07, 6.45) is 3.04. The van der Waals surface area contributed by atoms with Crippen LogP contribution in [0.5, 0.6) is 0 Å². The molecule has 3 rings (SSSR count). The highest BCUT2D eigenvalue weighted by Gasteiger charge is 2.12. The van der Waals surface area contributed by atoms with Crippen molar-refractivity contribution < 1.29 is 4.79 Å². The fourth-order valence-electron chi connectivity index (χ4n) is 3.10. The highest BCUT2D eigenvalue weighted by Crippen LogP contribution is 2.14. The van der Waals surface area contributed by atoms with Crippen LogP contribution in [0.2, 0.25) is 0 Å². The van der Waals surface area contributed by atoms with Crippen LogP contribution in [0.25, 0.3) is 0 Å². The standard InChI is InChI=1S/C24H30N6O/c1-5-14-30-17-20(18(2)28-30)16-25-24(26-21-11-7-6-8-12-21)27-23(31)19-10-9-13-22(15-19)29(3)4/h6-13,15,17H,5,14,16H2,1-4H3,(H2,25,26,27,31). The van der Waals surface area contributed by atoms with E-state index in [4.69, 9.17) is 0 Å². The molecule has 0 aliphatic carbocycles. The number of para-hydroxylation sites is 1. The van der Waals surface area contributed by atoms with E-state index in [1.807, 2.05) is 85.3 Å². The summed E-state index contributed by atoms with van der Waals surface area (Å²) >= 11 is 0. The van der Waals surface area contributed by atoms with Crippen molar-refractivity contribution in [3.63, 3.8) is 0 Å². The summed E-state index contributed by atoms with van der Waals surface area (Å²) in [4.78, 5) is 19.5. The van der Waals surface area contributed by atoms with E-state index in [0.717, 1.165) is 35.6 Å². The number of benzene rings is 2. The smallest absolute Gasteiger partial charge is 0.258 e. The van der Waals surface area contributed by atoms with Crippen LogP contribution in [0.15, 0.2) is 65.8 Å². The summed E-state index contributed by atoms with van der Waals surface area (Å²) in [5, 5.41) is 10.7. The molecule has 0 aliphatic rings. The Morgan fingerprint density at radius 3 is 2.61 bits per heavy atom. The molecule has 0 atom stereocenters. The summed E-state index contributed by atoms with van der Waals surface area (Å²) in [5.41, 5.74) is 4.36. The number of nitrogens with zero attached hydrogens (tertiary/aromatic N) is 4. The number of carbonyl (C=O) groups is 1. The fourth-order valence-corrected chi connectivity index (χ4v) is 3.10. The van der Waals surface area contributed by atoms with E-state index >= 15 is 0 Å². The SMILES string of the molecule is CCCn1cc(CN=C(NC(=O)c2cccc(N(C)C)c2)Nc2ccccc2)c(C)n1. The largest absolute Gasteiger partial charge is 0.378 e. The molecule has 1 heterocycles. The maximum absolute atomic E-state index is 12.9. The van der Waals surface area contributed by atoms with Gasteiger partial charge in [-0.05, 0) is 43.7 Å². The molecule has 0 radical (unpaired) electrons. The molecule has 0 bridgehead atoms. The number of hydrogen-bond acceptors (Lipinski definition) is 4. The van der Waals surface area contributed by atoms with E-state index in [2.05, 4.69) is 27.6 Å². The molecular formula is C24H30N6O. The van der Waals surface area contributed by atoms with Gasteiger partial charge in [0, 0.05) is 49.3 Å². The first-order valence-corrected chi connectivity index (χ1v) is 10.4. The molecule has 7 heteroatoms. The third-order valence-corrected chi connectivity index (χ3v) is 4.80. The lowest BCUT2D eigenvalue weighted by Crippen LogP contribution is -2.36. The predicted octanol–water partition coefficient (Wildman–Crippen LogP) is 4.07. The van der Waals surface area contributed by atoms with Crippen molar-refractivity contribution in [1.82, 2.24) is 15.1 Å². The Morgan fingerprint density at radius 1 is 1.13 bits per heavy atom. The third kappa shape index (κ3) is 6.18. The maximum Gasteiger partial charge on any atom is 0.258 e. The van der Waals surface area contributed by atoms with Gasteiger partial charge in [-0.3, -0.25) is 14.8 Å². The van der Waals surface area contributed by atoms with E-state index in [0.29, 0.717) is 18.1 Å². The monoisotopic (exact) mass is 418 g/mol. The fraction of sp³-hybridized carbons (Fsp3) is 0.292. The minimum Gasteiger partial charge on any atom is -0.378 e. The second-order valence-electron chi connectivity index (χ2n) is 7.56. The van der Waals surface area contributed by atoms with Crippen LogP contribution in [0.4, 0.5) is 11.4 Å². The molecule has 0 aliphatic heterocycles. The third-order valence-electron chi connectivity index (χ3n) is 4.80. The van der Waals surface area contributed by atoms with Gasteiger partial charge in [0.25, 0.3) is 5.91 Å². The summed E-state index contributed by atoms with van der Waals surface area (Å²) in [7, 11) is 3.89. The van der Waals surface area contributed by atoms with Crippen LogP contribution in [-0.4, -0.2) is 35.7 Å².